The van der Waals surface area contributed by atoms with Crippen molar-refractivity contribution < 1.29 is 28.2 Å². The summed E-state index contributed by atoms with van der Waals surface area (Å²) in [5, 5.41) is 20.3. The number of phenols is 1. The van der Waals surface area contributed by atoms with Crippen molar-refractivity contribution in [1.29, 1.82) is 0 Å². The van der Waals surface area contributed by atoms with Gasteiger partial charge in [-0.3, -0.25) is 9.69 Å². The first-order valence-electron chi connectivity index (χ1n) is 13.2. The molecule has 1 saturated heterocycles. The van der Waals surface area contributed by atoms with Crippen molar-refractivity contribution in [3.8, 4) is 5.75 Å². The summed E-state index contributed by atoms with van der Waals surface area (Å²) in [4.78, 5) is 15.5. The number of aliphatic hydroxyl groups excluding tert-OH is 1. The molecule has 2 bridgehead atoms. The van der Waals surface area contributed by atoms with Crippen molar-refractivity contribution in [3.05, 3.63) is 65.2 Å². The van der Waals surface area contributed by atoms with Gasteiger partial charge >= 0.3 is 6.18 Å². The molecule has 1 aliphatic heterocycles. The van der Waals surface area contributed by atoms with Crippen LogP contribution in [0.3, 0.4) is 0 Å². The van der Waals surface area contributed by atoms with Crippen molar-refractivity contribution in [2.75, 3.05) is 19.6 Å². The lowest BCUT2D eigenvalue weighted by atomic mass is 9.49. The van der Waals surface area contributed by atoms with Gasteiger partial charge in [0.15, 0.2) is 6.10 Å². The van der Waals surface area contributed by atoms with E-state index in [4.69, 9.17) is 0 Å². The highest BCUT2D eigenvalue weighted by molar-refractivity contribution is 5.48. The van der Waals surface area contributed by atoms with E-state index in [-0.39, 0.29) is 22.6 Å². The average molecular weight is 517 g/mol. The van der Waals surface area contributed by atoms with Gasteiger partial charge in [-0.05, 0) is 79.3 Å². The van der Waals surface area contributed by atoms with E-state index < -0.39 is 18.8 Å². The summed E-state index contributed by atoms with van der Waals surface area (Å²) in [6.07, 6.45) is -0.525. The van der Waals surface area contributed by atoms with Gasteiger partial charge in [0.1, 0.15) is 5.75 Å². The van der Waals surface area contributed by atoms with E-state index in [0.717, 1.165) is 55.2 Å². The first-order chi connectivity index (χ1) is 17.7. The number of phenolic OH excluding ortho intramolecular Hbond substituents is 1. The summed E-state index contributed by atoms with van der Waals surface area (Å²) in [5.74, 6) is 0.220. The Kier molecular flexibility index (Phi) is 7.00. The van der Waals surface area contributed by atoms with E-state index in [2.05, 4.69) is 0 Å². The number of carbonyl (C=O) groups excluding carboxylic acids is 1. The zero-order valence-electron chi connectivity index (χ0n) is 21.0. The Bertz CT molecular complexity index is 1110. The number of hydrogen-bond acceptors (Lipinski definition) is 4. The highest BCUT2D eigenvalue weighted by Gasteiger charge is 2.64. The summed E-state index contributed by atoms with van der Waals surface area (Å²) >= 11 is 0. The number of benzene rings is 2. The van der Waals surface area contributed by atoms with Crippen LogP contribution in [0.1, 0.15) is 55.2 Å². The Morgan fingerprint density at radius 1 is 1.14 bits per heavy atom. The molecule has 0 spiro atoms. The minimum Gasteiger partial charge on any atom is -0.508 e. The third-order valence-electron chi connectivity index (χ3n) is 9.34. The number of rotatable bonds is 9. The molecule has 3 aliphatic rings. The number of piperidine rings is 1. The zero-order chi connectivity index (χ0) is 26.3. The maximum Gasteiger partial charge on any atom is 0.415 e. The molecule has 2 N–H and O–H groups in total. The van der Waals surface area contributed by atoms with Crippen LogP contribution < -0.4 is 0 Å². The van der Waals surface area contributed by atoms with Gasteiger partial charge in [-0.2, -0.15) is 13.2 Å². The summed E-state index contributed by atoms with van der Waals surface area (Å²) in [6, 6.07) is 15.1. The van der Waals surface area contributed by atoms with Crippen LogP contribution in [0.4, 0.5) is 13.2 Å². The van der Waals surface area contributed by atoms with Crippen molar-refractivity contribution in [3.63, 3.8) is 0 Å². The van der Waals surface area contributed by atoms with Gasteiger partial charge in [-0.25, -0.2) is 0 Å². The molecule has 4 unspecified atom stereocenters. The lowest BCUT2D eigenvalue weighted by Gasteiger charge is -2.62. The van der Waals surface area contributed by atoms with Crippen molar-refractivity contribution in [1.82, 2.24) is 9.80 Å². The Balaban J connectivity index is 1.43. The number of aliphatic hydroxyl groups is 1. The first-order valence-corrected chi connectivity index (χ1v) is 13.2. The van der Waals surface area contributed by atoms with Gasteiger partial charge in [0.05, 0.1) is 0 Å². The van der Waals surface area contributed by atoms with Gasteiger partial charge in [0, 0.05) is 31.1 Å². The molecule has 5 nitrogen and oxygen atoms in total. The van der Waals surface area contributed by atoms with Crippen LogP contribution in [0.5, 0.6) is 5.75 Å². The molecule has 0 radical (unpaired) electrons. The molecular formula is C29H35F3N2O3. The average Bonchev–Trinajstić information content (AvgIpc) is 3.27. The Morgan fingerprint density at radius 2 is 1.92 bits per heavy atom. The van der Waals surface area contributed by atoms with Crippen molar-refractivity contribution >= 4 is 6.41 Å². The van der Waals surface area contributed by atoms with Crippen LogP contribution in [0, 0.1) is 5.41 Å². The van der Waals surface area contributed by atoms with Crippen LogP contribution in [0.25, 0.3) is 0 Å². The molecule has 1 amide bonds. The zero-order valence-corrected chi connectivity index (χ0v) is 21.0. The fourth-order valence-corrected chi connectivity index (χ4v) is 7.81. The summed E-state index contributed by atoms with van der Waals surface area (Å²) in [6.45, 7) is 1.16. The summed E-state index contributed by atoms with van der Waals surface area (Å²) in [7, 11) is 0. The largest absolute Gasteiger partial charge is 0.508 e. The fraction of sp³-hybridized carbons (Fsp3) is 0.552. The molecule has 5 rings (SSSR count). The minimum atomic E-state index is -4.66. The number of aromatic hydroxyl groups is 1. The molecule has 200 valence electrons. The van der Waals surface area contributed by atoms with Gasteiger partial charge in [-0.1, -0.05) is 42.8 Å². The first kappa shape index (κ1) is 26.0. The molecule has 2 aromatic carbocycles. The van der Waals surface area contributed by atoms with Crippen LogP contribution in [0.2, 0.25) is 0 Å². The van der Waals surface area contributed by atoms with Gasteiger partial charge in [0.25, 0.3) is 0 Å². The second kappa shape index (κ2) is 9.95. The number of likely N-dealkylation sites (tertiary alicyclic amines) is 1. The van der Waals surface area contributed by atoms with E-state index in [9.17, 15) is 28.2 Å². The number of nitrogens with zero attached hydrogens (tertiary/aromatic N) is 2. The molecule has 37 heavy (non-hydrogen) atoms. The van der Waals surface area contributed by atoms with Crippen LogP contribution >= 0.6 is 0 Å². The maximum atomic E-state index is 13.3. The molecule has 0 aromatic heterocycles. The quantitative estimate of drug-likeness (QED) is 0.471. The van der Waals surface area contributed by atoms with Crippen LogP contribution in [0.15, 0.2) is 48.5 Å². The topological polar surface area (TPSA) is 64.0 Å². The summed E-state index contributed by atoms with van der Waals surface area (Å²) in [5.41, 5.74) is 2.81. The Labute approximate surface area is 215 Å². The third kappa shape index (κ3) is 4.63. The number of hydrogen-bond donors (Lipinski definition) is 2. The SMILES string of the molecule is O=CN(CCCC12CCCC13CCN(CC(O)C(F)(F)F)C2Cc1ccc(O)cc13)Cc1ccccc1. The normalized spacial score (nSPS) is 27.8. The molecule has 2 aromatic rings. The van der Waals surface area contributed by atoms with Gasteiger partial charge in [-0.15, -0.1) is 0 Å². The molecule has 1 heterocycles. The molecule has 4 atom stereocenters. The van der Waals surface area contributed by atoms with E-state index in [1.165, 1.54) is 0 Å². The molecule has 8 heteroatoms. The van der Waals surface area contributed by atoms with Crippen LogP contribution in [-0.2, 0) is 23.2 Å². The third-order valence-corrected chi connectivity index (χ3v) is 9.34. The van der Waals surface area contributed by atoms with E-state index in [1.54, 1.807) is 11.0 Å². The standard InChI is InChI=1S/C29H35F3N2O3/c30-29(31,32)26(37)19-34-15-13-27-10-4-11-28(27,25(34)16-22-8-9-23(36)17-24(22)27)12-5-14-33(20-35)18-21-6-2-1-3-7-21/h1-3,6-9,17,20,25-26,36-37H,4-5,10-16,18-19H2. The van der Waals surface area contributed by atoms with E-state index in [0.29, 0.717) is 32.5 Å². The van der Waals surface area contributed by atoms with E-state index >= 15 is 0 Å². The fourth-order valence-electron chi connectivity index (χ4n) is 7.81. The number of carbonyl (C=O) groups is 1. The predicted octanol–water partition coefficient (Wildman–Crippen LogP) is 4.79. The highest BCUT2D eigenvalue weighted by Crippen LogP contribution is 2.67. The number of halogens is 3. The monoisotopic (exact) mass is 516 g/mol. The van der Waals surface area contributed by atoms with E-state index in [1.807, 2.05) is 47.4 Å². The lowest BCUT2D eigenvalue weighted by molar-refractivity contribution is -0.214. The van der Waals surface area contributed by atoms with Crippen molar-refractivity contribution in [2.45, 2.75) is 75.2 Å². The van der Waals surface area contributed by atoms with Gasteiger partial charge < -0.3 is 15.1 Å². The molecule has 2 fully saturated rings. The smallest absolute Gasteiger partial charge is 0.415 e. The Morgan fingerprint density at radius 3 is 2.65 bits per heavy atom. The predicted molar refractivity (Wildman–Crippen MR) is 134 cm³/mol. The second-order valence-electron chi connectivity index (χ2n) is 11.1. The van der Waals surface area contributed by atoms with Crippen molar-refractivity contribution in [2.24, 2.45) is 5.41 Å². The number of alkyl halides is 3. The van der Waals surface area contributed by atoms with Gasteiger partial charge in [0.2, 0.25) is 6.41 Å². The van der Waals surface area contributed by atoms with Crippen LogP contribution in [-0.4, -0.2) is 64.4 Å². The second-order valence-corrected chi connectivity index (χ2v) is 11.1. The Hall–Kier alpha value is -2.58. The lowest BCUT2D eigenvalue weighted by Crippen LogP contribution is -2.66. The number of fused-ring (bicyclic) bond motifs is 1. The molecular weight excluding hydrogens is 481 g/mol. The molecule has 2 aliphatic carbocycles. The minimum absolute atomic E-state index is 0.128. The number of amides is 1. The summed E-state index contributed by atoms with van der Waals surface area (Å²) < 4.78 is 40.0. The maximum absolute atomic E-state index is 13.3. The molecule has 1 saturated carbocycles. The number of β-amino-alcohol motifs (C(OH)–C–C–N with tert-alkyl or cyclic N) is 1. The highest BCUT2D eigenvalue weighted by atomic mass is 19.4.